The van der Waals surface area contributed by atoms with Gasteiger partial charge >= 0.3 is 0 Å². The first-order valence-corrected chi connectivity index (χ1v) is 9.67. The Morgan fingerprint density at radius 1 is 0.960 bits per heavy atom. The monoisotopic (exact) mass is 359 g/mol. The van der Waals surface area contributed by atoms with Crippen LogP contribution >= 0.6 is 11.3 Å². The number of hydrogen-bond acceptors (Lipinski definition) is 6. The van der Waals surface area contributed by atoms with E-state index < -0.39 is 11.2 Å². The number of thiazole rings is 1. The van der Waals surface area contributed by atoms with Crippen LogP contribution in [0.2, 0.25) is 0 Å². The van der Waals surface area contributed by atoms with Crippen LogP contribution in [-0.4, -0.2) is 29.3 Å². The average Bonchev–Trinajstić information content (AvgIpc) is 3.28. The highest BCUT2D eigenvalue weighted by Crippen LogP contribution is 2.42. The first-order valence-electron chi connectivity index (χ1n) is 8.85. The molecule has 0 radical (unpaired) electrons. The van der Waals surface area contributed by atoms with Crippen molar-refractivity contribution in [2.75, 3.05) is 23.2 Å². The van der Waals surface area contributed by atoms with Gasteiger partial charge in [-0.2, -0.15) is 0 Å². The van der Waals surface area contributed by atoms with Crippen molar-refractivity contribution in [3.05, 3.63) is 30.5 Å². The summed E-state index contributed by atoms with van der Waals surface area (Å²) in [4.78, 5) is 18.9. The molecule has 5 nitrogen and oxygen atoms in total. The first kappa shape index (κ1) is 16.8. The summed E-state index contributed by atoms with van der Waals surface area (Å²) >= 11 is 1.57. The normalized spacial score (nSPS) is 21.9. The van der Waals surface area contributed by atoms with Crippen molar-refractivity contribution in [1.82, 2.24) is 4.98 Å². The van der Waals surface area contributed by atoms with Crippen molar-refractivity contribution < 1.29 is 9.68 Å². The molecule has 3 heterocycles. The van der Waals surface area contributed by atoms with Gasteiger partial charge in [0.05, 0.1) is 6.20 Å². The summed E-state index contributed by atoms with van der Waals surface area (Å²) in [5.41, 5.74) is 1.63. The zero-order valence-corrected chi connectivity index (χ0v) is 16.1. The quantitative estimate of drug-likeness (QED) is 0.797. The van der Waals surface area contributed by atoms with Crippen molar-refractivity contribution in [2.45, 2.75) is 51.7 Å². The highest BCUT2D eigenvalue weighted by molar-refractivity contribution is 7.18. The minimum atomic E-state index is -0.394. The van der Waals surface area contributed by atoms with Gasteiger partial charge in [0.1, 0.15) is 16.2 Å². The Labute approximate surface area is 153 Å². The van der Waals surface area contributed by atoms with E-state index in [0.29, 0.717) is 0 Å². The molecule has 0 atom stereocenters. The Balaban J connectivity index is 1.52. The largest absolute Gasteiger partial charge is 0.372 e. The Morgan fingerprint density at radius 3 is 2.16 bits per heavy atom. The minimum Gasteiger partial charge on any atom is -0.372 e. The van der Waals surface area contributed by atoms with E-state index in [0.717, 1.165) is 28.7 Å². The molecule has 0 saturated carbocycles. The summed E-state index contributed by atoms with van der Waals surface area (Å²) in [5.74, 6) is 0. The lowest BCUT2D eigenvalue weighted by atomic mass is 9.90. The van der Waals surface area contributed by atoms with E-state index in [2.05, 4.69) is 34.1 Å². The Bertz CT molecular complexity index is 732. The summed E-state index contributed by atoms with van der Waals surface area (Å²) in [6.07, 6.45) is 4.39. The number of anilines is 2. The van der Waals surface area contributed by atoms with Crippen LogP contribution in [0.3, 0.4) is 0 Å². The lowest BCUT2D eigenvalue weighted by Crippen LogP contribution is -2.41. The Hall–Kier alpha value is -1.63. The number of nitrogens with zero attached hydrogens (tertiary/aromatic N) is 3. The molecule has 25 heavy (non-hydrogen) atoms. The molecule has 1 aromatic heterocycles. The van der Waals surface area contributed by atoms with E-state index in [4.69, 9.17) is 9.68 Å². The summed E-state index contributed by atoms with van der Waals surface area (Å²) < 4.78 is 0. The second-order valence-corrected chi connectivity index (χ2v) is 8.71. The molecule has 2 aliphatic rings. The smallest absolute Gasteiger partial charge is 0.168 e. The van der Waals surface area contributed by atoms with Crippen LogP contribution in [0.1, 0.15) is 40.5 Å². The average molecular weight is 359 g/mol. The molecule has 0 unspecified atom stereocenters. The van der Waals surface area contributed by atoms with Crippen LogP contribution in [-0.2, 0) is 9.68 Å². The molecule has 2 fully saturated rings. The molecule has 0 N–H and O–H groups in total. The molecular formula is C19H25N3O2S. The highest BCUT2D eigenvalue weighted by Gasteiger charge is 2.50. The lowest BCUT2D eigenvalue weighted by molar-refractivity contribution is -0.0257. The summed E-state index contributed by atoms with van der Waals surface area (Å²) in [6.45, 7) is 10.5. The standard InChI is InChI=1S/C19H25N3O2S/c1-18(2)19(3,4)24-22(23-18)16-13-20-17(25-16)14-7-9-15(10-8-14)21-11-5-6-12-21/h7-10,13H,5-6,11-12H2,1-4H3. The van der Waals surface area contributed by atoms with Crippen LogP contribution in [0, 0.1) is 0 Å². The highest BCUT2D eigenvalue weighted by atomic mass is 32.1. The molecule has 4 rings (SSSR count). The minimum absolute atomic E-state index is 0.394. The van der Waals surface area contributed by atoms with Gasteiger partial charge in [0.25, 0.3) is 0 Å². The Morgan fingerprint density at radius 2 is 1.56 bits per heavy atom. The second kappa shape index (κ2) is 5.97. The fraction of sp³-hybridized carbons (Fsp3) is 0.526. The van der Waals surface area contributed by atoms with Crippen LogP contribution < -0.4 is 10.1 Å². The molecule has 6 heteroatoms. The number of benzene rings is 1. The van der Waals surface area contributed by atoms with Crippen molar-refractivity contribution in [1.29, 1.82) is 0 Å². The van der Waals surface area contributed by atoms with Crippen molar-refractivity contribution in [3.63, 3.8) is 0 Å². The van der Waals surface area contributed by atoms with Crippen molar-refractivity contribution in [3.8, 4) is 10.6 Å². The van der Waals surface area contributed by atoms with Crippen LogP contribution in [0.4, 0.5) is 10.7 Å². The van der Waals surface area contributed by atoms with E-state index >= 15 is 0 Å². The summed E-state index contributed by atoms with van der Waals surface area (Å²) in [6, 6.07) is 8.68. The third-order valence-electron chi connectivity index (χ3n) is 5.33. The van der Waals surface area contributed by atoms with Gasteiger partial charge < -0.3 is 4.90 Å². The maximum atomic E-state index is 5.96. The van der Waals surface area contributed by atoms with Gasteiger partial charge in [-0.15, -0.1) is 5.23 Å². The van der Waals surface area contributed by atoms with Crippen molar-refractivity contribution >= 4 is 22.0 Å². The summed E-state index contributed by atoms with van der Waals surface area (Å²) in [5, 5.41) is 3.34. The third-order valence-corrected chi connectivity index (χ3v) is 6.33. The van der Waals surface area contributed by atoms with E-state index in [-0.39, 0.29) is 0 Å². The molecule has 2 saturated heterocycles. The molecule has 0 aliphatic carbocycles. The van der Waals surface area contributed by atoms with Gasteiger partial charge in [-0.3, -0.25) is 0 Å². The van der Waals surface area contributed by atoms with Gasteiger partial charge in [-0.1, -0.05) is 11.3 Å². The molecular weight excluding hydrogens is 334 g/mol. The second-order valence-electron chi connectivity index (χ2n) is 7.70. The maximum absolute atomic E-state index is 5.96. The van der Waals surface area contributed by atoms with E-state index in [1.54, 1.807) is 11.3 Å². The van der Waals surface area contributed by atoms with Gasteiger partial charge in [-0.25, -0.2) is 14.7 Å². The van der Waals surface area contributed by atoms with E-state index in [9.17, 15) is 0 Å². The van der Waals surface area contributed by atoms with Crippen molar-refractivity contribution in [2.24, 2.45) is 0 Å². The molecule has 134 valence electrons. The van der Waals surface area contributed by atoms with Crippen LogP contribution in [0.15, 0.2) is 30.5 Å². The SMILES string of the molecule is CC1(C)ON(c2cnc(-c3ccc(N4CCCC4)cc3)s2)OC1(C)C. The number of hydrogen-bond donors (Lipinski definition) is 0. The molecule has 2 aliphatic heterocycles. The molecule has 2 aromatic rings. The third kappa shape index (κ3) is 3.03. The van der Waals surface area contributed by atoms with Gasteiger partial charge in [0.15, 0.2) is 5.00 Å². The topological polar surface area (TPSA) is 37.8 Å². The van der Waals surface area contributed by atoms with Crippen LogP contribution in [0.25, 0.3) is 10.6 Å². The first-order chi connectivity index (χ1) is 11.9. The molecule has 1 aromatic carbocycles. The number of rotatable bonds is 3. The maximum Gasteiger partial charge on any atom is 0.168 e. The van der Waals surface area contributed by atoms with Gasteiger partial charge in [-0.05, 0) is 64.8 Å². The van der Waals surface area contributed by atoms with Gasteiger partial charge in [0.2, 0.25) is 0 Å². The fourth-order valence-electron chi connectivity index (χ4n) is 3.02. The zero-order valence-electron chi connectivity index (χ0n) is 15.3. The Kier molecular flexibility index (Phi) is 4.02. The number of aromatic nitrogens is 1. The van der Waals surface area contributed by atoms with Gasteiger partial charge in [0, 0.05) is 24.3 Å². The summed E-state index contributed by atoms with van der Waals surface area (Å²) in [7, 11) is 0. The zero-order chi connectivity index (χ0) is 17.7. The fourth-order valence-corrected chi connectivity index (χ4v) is 3.83. The predicted octanol–water partition coefficient (Wildman–Crippen LogP) is 4.65. The van der Waals surface area contributed by atoms with Crippen LogP contribution in [0.5, 0.6) is 0 Å². The molecule has 0 bridgehead atoms. The molecule has 0 spiro atoms. The molecule has 0 amide bonds. The van der Waals surface area contributed by atoms with E-state index in [1.807, 2.05) is 33.9 Å². The predicted molar refractivity (Wildman–Crippen MR) is 102 cm³/mol. The lowest BCUT2D eigenvalue weighted by Gasteiger charge is -2.26. The van der Waals surface area contributed by atoms with E-state index in [1.165, 1.54) is 23.8 Å².